The van der Waals surface area contributed by atoms with E-state index in [4.69, 9.17) is 0 Å². The molecule has 0 unspecified atom stereocenters. The van der Waals surface area contributed by atoms with E-state index in [1.54, 1.807) is 13.1 Å². The Hall–Kier alpha value is -1.90. The van der Waals surface area contributed by atoms with Crippen molar-refractivity contribution >= 4 is 18.3 Å². The van der Waals surface area contributed by atoms with Gasteiger partial charge in [-0.3, -0.25) is 4.79 Å². The van der Waals surface area contributed by atoms with Crippen LogP contribution in [0.4, 0.5) is 0 Å². The first kappa shape index (κ1) is 11.2. The summed E-state index contributed by atoms with van der Waals surface area (Å²) in [6.07, 6.45) is 3.89. The molecule has 0 fully saturated rings. The van der Waals surface area contributed by atoms with Crippen LogP contribution < -0.4 is 0 Å². The fraction of sp³-hybridized carbons (Fsp3) is 0.167. The van der Waals surface area contributed by atoms with Crippen LogP contribution in [0.2, 0.25) is 0 Å². The minimum absolute atomic E-state index is 0.123. The van der Waals surface area contributed by atoms with Gasteiger partial charge in [-0.15, -0.1) is 0 Å². The molecule has 0 saturated carbocycles. The van der Waals surface area contributed by atoms with Crippen LogP contribution in [0.15, 0.2) is 36.4 Å². The Bertz CT molecular complexity index is 357. The predicted octanol–water partition coefficient (Wildman–Crippen LogP) is 1.36. The lowest BCUT2D eigenvalue weighted by Crippen LogP contribution is -2.26. The number of amides is 1. The van der Waals surface area contributed by atoms with E-state index in [-0.39, 0.29) is 12.5 Å². The van der Waals surface area contributed by atoms with Crippen LogP contribution in [-0.4, -0.2) is 30.7 Å². The molecule has 15 heavy (non-hydrogen) atoms. The summed E-state index contributed by atoms with van der Waals surface area (Å²) in [5.74, 6) is -0.175. The van der Waals surface area contributed by atoms with E-state index in [2.05, 4.69) is 0 Å². The van der Waals surface area contributed by atoms with Crippen molar-refractivity contribution in [3.05, 3.63) is 42.0 Å². The number of carbonyl (C=O) groups is 2. The average Bonchev–Trinajstić information content (AvgIpc) is 2.27. The number of rotatable bonds is 4. The van der Waals surface area contributed by atoms with Crippen molar-refractivity contribution in [2.75, 3.05) is 13.6 Å². The number of benzene rings is 1. The normalized spacial score (nSPS) is 10.2. The summed E-state index contributed by atoms with van der Waals surface area (Å²) in [6.45, 7) is 0.123. The molecule has 1 aromatic carbocycles. The summed E-state index contributed by atoms with van der Waals surface area (Å²) in [5, 5.41) is 0. The molecule has 1 amide bonds. The Morgan fingerprint density at radius 2 is 2.00 bits per heavy atom. The smallest absolute Gasteiger partial charge is 0.246 e. The lowest BCUT2D eigenvalue weighted by atomic mass is 10.2. The van der Waals surface area contributed by atoms with Gasteiger partial charge < -0.3 is 9.69 Å². The Morgan fingerprint density at radius 3 is 2.60 bits per heavy atom. The first-order valence-corrected chi connectivity index (χ1v) is 4.66. The molecule has 0 aliphatic heterocycles. The topological polar surface area (TPSA) is 37.4 Å². The maximum atomic E-state index is 11.4. The minimum Gasteiger partial charge on any atom is -0.335 e. The van der Waals surface area contributed by atoms with E-state index in [0.717, 1.165) is 5.56 Å². The Morgan fingerprint density at radius 1 is 1.33 bits per heavy atom. The number of hydrogen-bond acceptors (Lipinski definition) is 2. The molecule has 3 heteroatoms. The zero-order valence-electron chi connectivity index (χ0n) is 8.59. The number of nitrogens with zero attached hydrogens (tertiary/aromatic N) is 1. The number of aldehydes is 1. The average molecular weight is 203 g/mol. The second-order valence-electron chi connectivity index (χ2n) is 3.13. The summed E-state index contributed by atoms with van der Waals surface area (Å²) in [5.41, 5.74) is 0.963. The molecule has 0 aliphatic carbocycles. The van der Waals surface area contributed by atoms with Gasteiger partial charge in [-0.25, -0.2) is 0 Å². The third-order valence-corrected chi connectivity index (χ3v) is 1.94. The second-order valence-corrected chi connectivity index (χ2v) is 3.13. The summed E-state index contributed by atoms with van der Waals surface area (Å²) in [7, 11) is 1.59. The van der Waals surface area contributed by atoms with Gasteiger partial charge >= 0.3 is 0 Å². The molecule has 1 aromatic rings. The molecule has 0 N–H and O–H groups in total. The van der Waals surface area contributed by atoms with Crippen LogP contribution in [0.25, 0.3) is 6.08 Å². The molecular weight excluding hydrogens is 190 g/mol. The van der Waals surface area contributed by atoms with Crippen molar-refractivity contribution in [3.8, 4) is 0 Å². The largest absolute Gasteiger partial charge is 0.335 e. The maximum Gasteiger partial charge on any atom is 0.246 e. The summed E-state index contributed by atoms with van der Waals surface area (Å²) in [6, 6.07) is 9.53. The predicted molar refractivity (Wildman–Crippen MR) is 59.2 cm³/mol. The van der Waals surface area contributed by atoms with E-state index in [1.807, 2.05) is 30.3 Å². The van der Waals surface area contributed by atoms with Gasteiger partial charge in [-0.05, 0) is 11.6 Å². The van der Waals surface area contributed by atoms with Gasteiger partial charge in [0, 0.05) is 13.1 Å². The van der Waals surface area contributed by atoms with Crippen molar-refractivity contribution in [2.45, 2.75) is 0 Å². The van der Waals surface area contributed by atoms with Gasteiger partial charge in [0.2, 0.25) is 5.91 Å². The molecule has 0 heterocycles. The number of likely N-dealkylation sites (N-methyl/N-ethyl adjacent to an activating group) is 1. The lowest BCUT2D eigenvalue weighted by molar-refractivity contribution is -0.127. The standard InChI is InChI=1S/C12H13NO2/c1-13(9-10-14)12(15)8-7-11-5-3-2-4-6-11/h2-8,10H,9H2,1H3/b8-7+. The second kappa shape index (κ2) is 5.75. The zero-order chi connectivity index (χ0) is 11.1. The number of hydrogen-bond donors (Lipinski definition) is 0. The monoisotopic (exact) mass is 203 g/mol. The molecule has 78 valence electrons. The van der Waals surface area contributed by atoms with Crippen molar-refractivity contribution < 1.29 is 9.59 Å². The quantitative estimate of drug-likeness (QED) is 0.547. The third kappa shape index (κ3) is 3.77. The molecule has 0 radical (unpaired) electrons. The SMILES string of the molecule is CN(CC=O)C(=O)/C=C/c1ccccc1. The summed E-state index contributed by atoms with van der Waals surface area (Å²) < 4.78 is 0. The Kier molecular flexibility index (Phi) is 4.29. The first-order valence-electron chi connectivity index (χ1n) is 4.66. The highest BCUT2D eigenvalue weighted by atomic mass is 16.2. The summed E-state index contributed by atoms with van der Waals surface area (Å²) in [4.78, 5) is 22.9. The molecule has 1 rings (SSSR count). The molecule has 0 bridgehead atoms. The van der Waals surface area contributed by atoms with E-state index < -0.39 is 0 Å². The lowest BCUT2D eigenvalue weighted by Gasteiger charge is -2.09. The van der Waals surface area contributed by atoms with Gasteiger partial charge in [0.1, 0.15) is 6.29 Å². The fourth-order valence-corrected chi connectivity index (χ4v) is 1.06. The fourth-order valence-electron chi connectivity index (χ4n) is 1.06. The molecule has 3 nitrogen and oxygen atoms in total. The van der Waals surface area contributed by atoms with Gasteiger partial charge in [-0.1, -0.05) is 30.3 Å². The third-order valence-electron chi connectivity index (χ3n) is 1.94. The van der Waals surface area contributed by atoms with Crippen LogP contribution in [0.5, 0.6) is 0 Å². The Labute approximate surface area is 89.0 Å². The van der Waals surface area contributed by atoms with Crippen LogP contribution in [0, 0.1) is 0 Å². The van der Waals surface area contributed by atoms with Crippen molar-refractivity contribution in [1.29, 1.82) is 0 Å². The molecule has 0 spiro atoms. The molecular formula is C12H13NO2. The Balaban J connectivity index is 2.58. The van der Waals surface area contributed by atoms with Gasteiger partial charge in [0.25, 0.3) is 0 Å². The zero-order valence-corrected chi connectivity index (χ0v) is 8.59. The van der Waals surface area contributed by atoms with Gasteiger partial charge in [0.15, 0.2) is 0 Å². The highest BCUT2D eigenvalue weighted by Gasteiger charge is 2.02. The van der Waals surface area contributed by atoms with E-state index >= 15 is 0 Å². The molecule has 0 atom stereocenters. The van der Waals surface area contributed by atoms with E-state index in [0.29, 0.717) is 6.29 Å². The molecule has 0 aromatic heterocycles. The van der Waals surface area contributed by atoms with Crippen molar-refractivity contribution in [1.82, 2.24) is 4.90 Å². The highest BCUT2D eigenvalue weighted by Crippen LogP contribution is 2.01. The number of carbonyl (C=O) groups excluding carboxylic acids is 2. The highest BCUT2D eigenvalue weighted by molar-refractivity contribution is 5.92. The van der Waals surface area contributed by atoms with Crippen LogP contribution in [0.1, 0.15) is 5.56 Å². The van der Waals surface area contributed by atoms with E-state index in [9.17, 15) is 9.59 Å². The van der Waals surface area contributed by atoms with Crippen molar-refractivity contribution in [3.63, 3.8) is 0 Å². The molecule has 0 saturated heterocycles. The van der Waals surface area contributed by atoms with Gasteiger partial charge in [-0.2, -0.15) is 0 Å². The minimum atomic E-state index is -0.175. The van der Waals surface area contributed by atoms with Crippen molar-refractivity contribution in [2.24, 2.45) is 0 Å². The van der Waals surface area contributed by atoms with Gasteiger partial charge in [0.05, 0.1) is 6.54 Å². The maximum absolute atomic E-state index is 11.4. The summed E-state index contributed by atoms with van der Waals surface area (Å²) >= 11 is 0. The van der Waals surface area contributed by atoms with Crippen LogP contribution in [-0.2, 0) is 9.59 Å². The van der Waals surface area contributed by atoms with Crippen LogP contribution >= 0.6 is 0 Å². The molecule has 0 aliphatic rings. The van der Waals surface area contributed by atoms with Crippen LogP contribution in [0.3, 0.4) is 0 Å². The first-order chi connectivity index (χ1) is 7.24. The van der Waals surface area contributed by atoms with E-state index in [1.165, 1.54) is 11.0 Å².